The summed E-state index contributed by atoms with van der Waals surface area (Å²) in [6.07, 6.45) is 3.50. The van der Waals surface area contributed by atoms with Crippen molar-refractivity contribution in [1.82, 2.24) is 15.1 Å². The second-order valence-electron chi connectivity index (χ2n) is 10.6. The van der Waals surface area contributed by atoms with E-state index in [1.807, 2.05) is 43.3 Å². The molecule has 2 saturated heterocycles. The van der Waals surface area contributed by atoms with Crippen molar-refractivity contribution in [3.63, 3.8) is 0 Å². The van der Waals surface area contributed by atoms with Crippen molar-refractivity contribution >= 4 is 23.4 Å². The van der Waals surface area contributed by atoms with Crippen LogP contribution in [0.25, 0.3) is 0 Å². The highest BCUT2D eigenvalue weighted by atomic mass is 16.2. The smallest absolute Gasteiger partial charge is 0.257 e. The van der Waals surface area contributed by atoms with Crippen LogP contribution in [0.15, 0.2) is 54.6 Å². The van der Waals surface area contributed by atoms with E-state index in [2.05, 4.69) is 29.3 Å². The normalized spacial score (nSPS) is 23.4. The maximum Gasteiger partial charge on any atom is 0.257 e. The molecular formula is C29H36N4O3. The molecule has 190 valence electrons. The van der Waals surface area contributed by atoms with Crippen LogP contribution < -0.4 is 10.2 Å². The first-order chi connectivity index (χ1) is 17.4. The molecule has 0 aromatic heterocycles. The highest BCUT2D eigenvalue weighted by Crippen LogP contribution is 2.44. The van der Waals surface area contributed by atoms with Gasteiger partial charge in [-0.15, -0.1) is 0 Å². The minimum absolute atomic E-state index is 0.0217. The van der Waals surface area contributed by atoms with Crippen LogP contribution in [0.1, 0.15) is 67.9 Å². The molecule has 3 aliphatic heterocycles. The van der Waals surface area contributed by atoms with Crippen LogP contribution in [-0.4, -0.2) is 59.4 Å². The molecule has 2 aromatic carbocycles. The molecule has 7 heteroatoms. The third-order valence-corrected chi connectivity index (χ3v) is 8.24. The Morgan fingerprint density at radius 3 is 2.50 bits per heavy atom. The van der Waals surface area contributed by atoms with E-state index in [4.69, 9.17) is 0 Å². The van der Waals surface area contributed by atoms with E-state index in [0.717, 1.165) is 19.0 Å². The van der Waals surface area contributed by atoms with Gasteiger partial charge in [0.15, 0.2) is 0 Å². The number of nitrogens with zero attached hydrogens (tertiary/aromatic N) is 3. The monoisotopic (exact) mass is 488 g/mol. The van der Waals surface area contributed by atoms with Crippen molar-refractivity contribution in [3.8, 4) is 0 Å². The summed E-state index contributed by atoms with van der Waals surface area (Å²) in [5.41, 5.74) is 1.67. The van der Waals surface area contributed by atoms with Crippen molar-refractivity contribution in [2.75, 3.05) is 31.1 Å². The zero-order valence-corrected chi connectivity index (χ0v) is 21.3. The zero-order chi connectivity index (χ0) is 25.3. The van der Waals surface area contributed by atoms with Gasteiger partial charge < -0.3 is 10.2 Å². The number of carbonyl (C=O) groups excluding carboxylic acids is 3. The summed E-state index contributed by atoms with van der Waals surface area (Å²) in [5, 5.41) is 3.15. The van der Waals surface area contributed by atoms with Gasteiger partial charge in [-0.3, -0.25) is 24.2 Å². The van der Waals surface area contributed by atoms with Crippen molar-refractivity contribution in [2.45, 2.75) is 57.7 Å². The van der Waals surface area contributed by atoms with E-state index in [9.17, 15) is 14.4 Å². The van der Waals surface area contributed by atoms with E-state index < -0.39 is 5.66 Å². The molecule has 2 atom stereocenters. The van der Waals surface area contributed by atoms with Crippen LogP contribution >= 0.6 is 0 Å². The van der Waals surface area contributed by atoms with Gasteiger partial charge in [-0.2, -0.15) is 0 Å². The summed E-state index contributed by atoms with van der Waals surface area (Å²) in [6, 6.07) is 17.8. The molecule has 3 amide bonds. The Kier molecular flexibility index (Phi) is 6.84. The van der Waals surface area contributed by atoms with Crippen molar-refractivity contribution < 1.29 is 14.4 Å². The number of hydrogen-bond donors (Lipinski definition) is 1. The fourth-order valence-electron chi connectivity index (χ4n) is 6.03. The molecule has 0 saturated carbocycles. The lowest BCUT2D eigenvalue weighted by molar-refractivity contribution is -0.121. The SMILES string of the molecule is CC1CCN(C(CNC(=O)CCN2C(=O)c3ccccc3N3C(=O)CCC23C)c2ccccc2)CC1. The van der Waals surface area contributed by atoms with Gasteiger partial charge in [-0.1, -0.05) is 49.4 Å². The summed E-state index contributed by atoms with van der Waals surface area (Å²) < 4.78 is 0. The van der Waals surface area contributed by atoms with Crippen molar-refractivity contribution in [2.24, 2.45) is 5.92 Å². The highest BCUT2D eigenvalue weighted by Gasteiger charge is 2.52. The second-order valence-corrected chi connectivity index (χ2v) is 10.6. The van der Waals surface area contributed by atoms with Gasteiger partial charge >= 0.3 is 0 Å². The van der Waals surface area contributed by atoms with Crippen LogP contribution in [0.4, 0.5) is 5.69 Å². The average Bonchev–Trinajstić information content (AvgIpc) is 3.20. The Balaban J connectivity index is 1.26. The summed E-state index contributed by atoms with van der Waals surface area (Å²) in [5.74, 6) is 0.570. The van der Waals surface area contributed by atoms with Crippen LogP contribution in [0.3, 0.4) is 0 Å². The van der Waals surface area contributed by atoms with Gasteiger partial charge in [0.05, 0.1) is 17.3 Å². The summed E-state index contributed by atoms with van der Waals surface area (Å²) in [4.78, 5) is 45.1. The molecule has 0 bridgehead atoms. The minimum atomic E-state index is -0.736. The molecular weight excluding hydrogens is 452 g/mol. The summed E-state index contributed by atoms with van der Waals surface area (Å²) >= 11 is 0. The van der Waals surface area contributed by atoms with Gasteiger partial charge in [-0.25, -0.2) is 0 Å². The number of fused-ring (bicyclic) bond motifs is 3. The zero-order valence-electron chi connectivity index (χ0n) is 21.3. The molecule has 5 rings (SSSR count). The lowest BCUT2D eigenvalue weighted by Gasteiger charge is -2.48. The Morgan fingerprint density at radius 1 is 1.06 bits per heavy atom. The first-order valence-electron chi connectivity index (χ1n) is 13.2. The largest absolute Gasteiger partial charge is 0.354 e. The quantitative estimate of drug-likeness (QED) is 0.640. The molecule has 7 nitrogen and oxygen atoms in total. The summed E-state index contributed by atoms with van der Waals surface area (Å²) in [7, 11) is 0. The van der Waals surface area contributed by atoms with E-state index in [1.165, 1.54) is 18.4 Å². The topological polar surface area (TPSA) is 73.0 Å². The number of rotatable bonds is 7. The first-order valence-corrected chi connectivity index (χ1v) is 13.2. The third-order valence-electron chi connectivity index (χ3n) is 8.24. The standard InChI is InChI=1S/C29H36N4O3/c1-21-13-17-31(18-14-21)25(22-8-4-3-5-9-22)20-30-26(34)15-19-32-28(36)23-10-6-7-11-24(23)33-27(35)12-16-29(32,33)2/h3-11,21,25H,12-20H2,1-2H3,(H,30,34). The predicted molar refractivity (Wildman–Crippen MR) is 139 cm³/mol. The fraction of sp³-hybridized carbons (Fsp3) is 0.483. The molecule has 36 heavy (non-hydrogen) atoms. The Morgan fingerprint density at radius 2 is 1.75 bits per heavy atom. The highest BCUT2D eigenvalue weighted by molar-refractivity contribution is 6.10. The number of carbonyl (C=O) groups is 3. The number of hydrogen-bond acceptors (Lipinski definition) is 4. The first kappa shape index (κ1) is 24.5. The van der Waals surface area contributed by atoms with E-state index >= 15 is 0 Å². The molecule has 3 aliphatic rings. The van der Waals surface area contributed by atoms with Crippen molar-refractivity contribution in [3.05, 3.63) is 65.7 Å². The maximum atomic E-state index is 13.4. The minimum Gasteiger partial charge on any atom is -0.354 e. The van der Waals surface area contributed by atoms with Crippen LogP contribution in [0, 0.1) is 5.92 Å². The van der Waals surface area contributed by atoms with Gasteiger partial charge in [0.1, 0.15) is 5.66 Å². The molecule has 3 heterocycles. The molecule has 1 N–H and O–H groups in total. The van der Waals surface area contributed by atoms with Gasteiger partial charge in [0, 0.05) is 25.9 Å². The van der Waals surface area contributed by atoms with E-state index in [1.54, 1.807) is 15.9 Å². The number of para-hydroxylation sites is 1. The Hall–Kier alpha value is -3.19. The molecule has 0 aliphatic carbocycles. The number of piperidine rings is 1. The van der Waals surface area contributed by atoms with E-state index in [0.29, 0.717) is 30.6 Å². The number of likely N-dealkylation sites (tertiary alicyclic amines) is 1. The molecule has 2 aromatic rings. The fourth-order valence-corrected chi connectivity index (χ4v) is 6.03. The second kappa shape index (κ2) is 10.1. The van der Waals surface area contributed by atoms with Crippen LogP contribution in [0.2, 0.25) is 0 Å². The average molecular weight is 489 g/mol. The predicted octanol–water partition coefficient (Wildman–Crippen LogP) is 3.96. The number of nitrogens with one attached hydrogen (secondary N) is 1. The third kappa shape index (κ3) is 4.52. The van der Waals surface area contributed by atoms with E-state index in [-0.39, 0.29) is 36.7 Å². The lowest BCUT2D eigenvalue weighted by atomic mass is 9.95. The molecule has 0 spiro atoms. The molecule has 2 fully saturated rings. The number of benzene rings is 2. The van der Waals surface area contributed by atoms with Gasteiger partial charge in [0.2, 0.25) is 11.8 Å². The van der Waals surface area contributed by atoms with Crippen LogP contribution in [-0.2, 0) is 9.59 Å². The maximum absolute atomic E-state index is 13.4. The van der Waals surface area contributed by atoms with Crippen molar-refractivity contribution in [1.29, 1.82) is 0 Å². The number of anilines is 1. The number of amides is 3. The lowest BCUT2D eigenvalue weighted by Crippen LogP contribution is -2.62. The molecule has 2 unspecified atom stereocenters. The Labute approximate surface area is 213 Å². The summed E-state index contributed by atoms with van der Waals surface area (Å²) in [6.45, 7) is 7.11. The van der Waals surface area contributed by atoms with Gasteiger partial charge in [-0.05, 0) is 62.9 Å². The van der Waals surface area contributed by atoms with Crippen LogP contribution in [0.5, 0.6) is 0 Å². The van der Waals surface area contributed by atoms with Gasteiger partial charge in [0.25, 0.3) is 5.91 Å². The Bertz CT molecular complexity index is 1130. The molecule has 0 radical (unpaired) electrons.